The number of fused-ring (bicyclic) bond motifs is 2. The third-order valence-corrected chi connectivity index (χ3v) is 8.61. The van der Waals surface area contributed by atoms with Gasteiger partial charge in [0.2, 0.25) is 5.91 Å². The van der Waals surface area contributed by atoms with E-state index in [9.17, 15) is 14.7 Å². The van der Waals surface area contributed by atoms with E-state index in [-0.39, 0.29) is 25.5 Å². The van der Waals surface area contributed by atoms with E-state index < -0.39 is 17.4 Å². The van der Waals surface area contributed by atoms with Gasteiger partial charge in [-0.05, 0) is 53.9 Å². The zero-order valence-electron chi connectivity index (χ0n) is 25.4. The fraction of sp³-hybridized carbons (Fsp3) is 0.257. The lowest BCUT2D eigenvalue weighted by Gasteiger charge is -2.27. The average molecular weight is 639 g/mol. The molecule has 0 unspecified atom stereocenters. The second-order valence-electron chi connectivity index (χ2n) is 11.6. The number of para-hydroxylation sites is 1. The van der Waals surface area contributed by atoms with Gasteiger partial charge in [0.1, 0.15) is 0 Å². The van der Waals surface area contributed by atoms with Crippen LogP contribution < -0.4 is 10.2 Å². The Morgan fingerprint density at radius 3 is 2.85 bits per heavy atom. The number of benzene rings is 3. The molecule has 0 spiro atoms. The Hall–Kier alpha value is -4.77. The monoisotopic (exact) mass is 638 g/mol. The highest BCUT2D eigenvalue weighted by molar-refractivity contribution is 6.31. The number of amides is 2. The summed E-state index contributed by atoms with van der Waals surface area (Å²) in [6, 6.07) is 20.3. The van der Waals surface area contributed by atoms with Gasteiger partial charge in [-0.1, -0.05) is 66.2 Å². The summed E-state index contributed by atoms with van der Waals surface area (Å²) in [4.78, 5) is 31.7. The second kappa shape index (κ2) is 13.3. The number of nitrogens with one attached hydrogen (secondary N) is 2. The summed E-state index contributed by atoms with van der Waals surface area (Å²) in [7, 11) is 0. The number of carbonyl (C=O) groups is 2. The minimum absolute atomic E-state index is 0.0136. The van der Waals surface area contributed by atoms with Gasteiger partial charge in [0, 0.05) is 65.1 Å². The van der Waals surface area contributed by atoms with Crippen molar-refractivity contribution in [3.63, 3.8) is 0 Å². The van der Waals surface area contributed by atoms with Crippen LogP contribution in [0.1, 0.15) is 35.7 Å². The van der Waals surface area contributed by atoms with E-state index in [1.54, 1.807) is 40.9 Å². The number of aliphatic hydroxyl groups is 2. The Bertz CT molecular complexity index is 1920. The summed E-state index contributed by atoms with van der Waals surface area (Å²) in [6.07, 6.45) is 8.68. The van der Waals surface area contributed by atoms with Gasteiger partial charge in [-0.15, -0.1) is 5.10 Å². The number of anilines is 2. The first kappa shape index (κ1) is 31.2. The number of aromatic amines is 1. The molecular weight excluding hydrogens is 604 g/mol. The van der Waals surface area contributed by atoms with Gasteiger partial charge in [-0.3, -0.25) is 14.3 Å². The first-order chi connectivity index (χ1) is 22.3. The van der Waals surface area contributed by atoms with Crippen molar-refractivity contribution >= 4 is 45.7 Å². The molecule has 2 amide bonds. The molecule has 0 bridgehead atoms. The fourth-order valence-corrected chi connectivity index (χ4v) is 6.16. The zero-order valence-corrected chi connectivity index (χ0v) is 26.1. The van der Waals surface area contributed by atoms with Crippen LogP contribution in [-0.4, -0.2) is 48.6 Å². The van der Waals surface area contributed by atoms with Crippen LogP contribution in [0, 0.1) is 5.92 Å². The maximum atomic E-state index is 14.0. The van der Waals surface area contributed by atoms with Crippen LogP contribution in [0.4, 0.5) is 11.4 Å². The van der Waals surface area contributed by atoms with E-state index >= 15 is 0 Å². The SMILES string of the molecule is C[C@@H](/C=C/CCn1cc(CCO)nn1)[C@]1(O)C(=O)N(Cc2cccc(NC(=O)Cc3c[nH]c4ccccc34)c2)c2ccc(Cl)cc21. The van der Waals surface area contributed by atoms with Crippen molar-refractivity contribution in [1.29, 1.82) is 0 Å². The lowest BCUT2D eigenvalue weighted by molar-refractivity contribution is -0.139. The largest absolute Gasteiger partial charge is 0.396 e. The molecule has 0 aliphatic carbocycles. The Balaban J connectivity index is 1.15. The number of rotatable bonds is 12. The first-order valence-corrected chi connectivity index (χ1v) is 15.6. The van der Waals surface area contributed by atoms with Gasteiger partial charge < -0.3 is 25.4 Å². The molecule has 0 saturated heterocycles. The van der Waals surface area contributed by atoms with E-state index in [4.69, 9.17) is 16.7 Å². The number of halogens is 1. The predicted molar refractivity (Wildman–Crippen MR) is 177 cm³/mol. The topological polar surface area (TPSA) is 136 Å². The molecule has 0 fully saturated rings. The highest BCUT2D eigenvalue weighted by atomic mass is 35.5. The van der Waals surface area contributed by atoms with Crippen molar-refractivity contribution < 1.29 is 19.8 Å². The smallest absolute Gasteiger partial charge is 0.264 e. The zero-order chi connectivity index (χ0) is 32.3. The number of nitrogens with zero attached hydrogens (tertiary/aromatic N) is 4. The number of H-pyrrole nitrogens is 1. The molecule has 0 saturated carbocycles. The molecule has 236 valence electrons. The molecule has 1 aliphatic heterocycles. The summed E-state index contributed by atoms with van der Waals surface area (Å²) in [5.41, 5.74) is 3.25. The lowest BCUT2D eigenvalue weighted by Crippen LogP contribution is -2.44. The van der Waals surface area contributed by atoms with Gasteiger partial charge >= 0.3 is 0 Å². The summed E-state index contributed by atoms with van der Waals surface area (Å²) in [5.74, 6) is -1.15. The van der Waals surface area contributed by atoms with Crippen LogP contribution in [0.15, 0.2) is 91.3 Å². The molecule has 1 aliphatic rings. The minimum Gasteiger partial charge on any atom is -0.396 e. The third kappa shape index (κ3) is 6.32. The third-order valence-electron chi connectivity index (χ3n) is 8.37. The molecule has 3 aromatic carbocycles. The predicted octanol–water partition coefficient (Wildman–Crippen LogP) is 5.15. The number of aromatic nitrogens is 4. The van der Waals surface area contributed by atoms with Crippen LogP contribution in [0.25, 0.3) is 10.9 Å². The van der Waals surface area contributed by atoms with Crippen molar-refractivity contribution in [3.05, 3.63) is 119 Å². The van der Waals surface area contributed by atoms with Gasteiger partial charge in [0.25, 0.3) is 5.91 Å². The van der Waals surface area contributed by atoms with Gasteiger partial charge in [0.15, 0.2) is 5.60 Å². The molecule has 3 heterocycles. The summed E-state index contributed by atoms with van der Waals surface area (Å²) in [6.45, 7) is 2.58. The van der Waals surface area contributed by atoms with E-state index in [2.05, 4.69) is 20.6 Å². The number of aryl methyl sites for hydroxylation is 1. The molecule has 6 rings (SSSR count). The van der Waals surface area contributed by atoms with Crippen LogP contribution in [0.5, 0.6) is 0 Å². The number of aliphatic hydroxyl groups excluding tert-OH is 1. The Morgan fingerprint density at radius 1 is 1.15 bits per heavy atom. The fourth-order valence-electron chi connectivity index (χ4n) is 5.99. The number of hydrogen-bond donors (Lipinski definition) is 4. The van der Waals surface area contributed by atoms with E-state index in [0.717, 1.165) is 27.7 Å². The Labute approximate surface area is 271 Å². The molecular formula is C35H35ClN6O4. The average Bonchev–Trinajstić information content (AvgIpc) is 3.73. The van der Waals surface area contributed by atoms with E-state index in [1.165, 1.54) is 0 Å². The highest BCUT2D eigenvalue weighted by Crippen LogP contribution is 2.46. The van der Waals surface area contributed by atoms with Gasteiger partial charge in [-0.2, -0.15) is 0 Å². The van der Waals surface area contributed by atoms with Crippen LogP contribution >= 0.6 is 11.6 Å². The molecule has 46 heavy (non-hydrogen) atoms. The van der Waals surface area contributed by atoms with Gasteiger partial charge in [0.05, 0.1) is 24.3 Å². The first-order valence-electron chi connectivity index (χ1n) is 15.2. The van der Waals surface area contributed by atoms with Crippen molar-refractivity contribution in [3.8, 4) is 0 Å². The Kier molecular flexibility index (Phi) is 9.03. The Morgan fingerprint density at radius 2 is 2.00 bits per heavy atom. The van der Waals surface area contributed by atoms with Crippen LogP contribution in [-0.2, 0) is 41.1 Å². The summed E-state index contributed by atoms with van der Waals surface area (Å²) in [5, 5.41) is 33.6. The van der Waals surface area contributed by atoms with Crippen molar-refractivity contribution in [2.75, 3.05) is 16.8 Å². The minimum atomic E-state index is -1.82. The molecule has 5 aromatic rings. The molecule has 2 aromatic heterocycles. The molecule has 11 heteroatoms. The van der Waals surface area contributed by atoms with Crippen LogP contribution in [0.2, 0.25) is 5.02 Å². The maximum Gasteiger partial charge on any atom is 0.264 e. The highest BCUT2D eigenvalue weighted by Gasteiger charge is 2.52. The van der Waals surface area contributed by atoms with Crippen molar-refractivity contribution in [1.82, 2.24) is 20.0 Å². The number of carbonyl (C=O) groups excluding carboxylic acids is 2. The second-order valence-corrected chi connectivity index (χ2v) is 12.0. The number of hydrogen-bond acceptors (Lipinski definition) is 6. The van der Waals surface area contributed by atoms with Crippen LogP contribution in [0.3, 0.4) is 0 Å². The van der Waals surface area contributed by atoms with E-state index in [0.29, 0.717) is 41.3 Å². The normalized spacial score (nSPS) is 16.8. The summed E-state index contributed by atoms with van der Waals surface area (Å²) < 4.78 is 1.70. The standard InChI is InChI=1S/C35H35ClN6O4/c1-23(7-4-5-15-41-22-28(14-16-43)39-40-41)35(46)30-19-26(36)12-13-32(30)42(34(35)45)21-24-8-6-9-27(17-24)38-33(44)18-25-20-37-31-11-3-2-10-29(25)31/h2-4,6-13,17,19-20,22-23,37,43,46H,5,14-16,18,21H2,1H3,(H,38,44)/b7-4+/t23-,35+/m0/s1. The molecule has 10 nitrogen and oxygen atoms in total. The van der Waals surface area contributed by atoms with Crippen molar-refractivity contribution in [2.24, 2.45) is 5.92 Å². The quantitative estimate of drug-likeness (QED) is 0.140. The van der Waals surface area contributed by atoms with Gasteiger partial charge in [-0.25, -0.2) is 0 Å². The van der Waals surface area contributed by atoms with E-state index in [1.807, 2.05) is 66.9 Å². The summed E-state index contributed by atoms with van der Waals surface area (Å²) >= 11 is 6.35. The lowest BCUT2D eigenvalue weighted by atomic mass is 9.83. The maximum absolute atomic E-state index is 14.0. The van der Waals surface area contributed by atoms with Crippen molar-refractivity contribution in [2.45, 2.75) is 44.9 Å². The molecule has 0 radical (unpaired) electrons. The molecule has 2 atom stereocenters. The number of allylic oxidation sites excluding steroid dienone is 1. The molecule has 4 N–H and O–H groups in total.